The lowest BCUT2D eigenvalue weighted by Crippen LogP contribution is -2.58. The molecule has 0 radical (unpaired) electrons. The van der Waals surface area contributed by atoms with Gasteiger partial charge in [0.25, 0.3) is 0 Å². The van der Waals surface area contributed by atoms with Crippen LogP contribution in [0.15, 0.2) is 30.6 Å². The van der Waals surface area contributed by atoms with Crippen molar-refractivity contribution in [2.24, 2.45) is 0 Å². The van der Waals surface area contributed by atoms with Gasteiger partial charge in [0.05, 0.1) is 18.7 Å². The molecule has 0 atom stereocenters. The van der Waals surface area contributed by atoms with E-state index in [1.54, 1.807) is 13.0 Å². The minimum atomic E-state index is -4.46. The maximum atomic E-state index is 13.4. The van der Waals surface area contributed by atoms with Gasteiger partial charge in [0, 0.05) is 17.8 Å². The number of benzene rings is 1. The summed E-state index contributed by atoms with van der Waals surface area (Å²) in [5.74, 6) is -0.260. The molecule has 138 valence electrons. The Morgan fingerprint density at radius 3 is 2.58 bits per heavy atom. The smallest absolute Gasteiger partial charge is 0.333 e. The highest BCUT2D eigenvalue weighted by Gasteiger charge is 2.40. The first kappa shape index (κ1) is 18.1. The molecule has 9 heteroatoms. The van der Waals surface area contributed by atoms with E-state index in [-0.39, 0.29) is 30.4 Å². The molecule has 0 saturated carbocycles. The Balaban J connectivity index is 1.75. The molecule has 1 aromatic heterocycles. The van der Waals surface area contributed by atoms with Gasteiger partial charge in [-0.3, -0.25) is 4.79 Å². The van der Waals surface area contributed by atoms with Crippen molar-refractivity contribution in [1.29, 1.82) is 0 Å². The number of hydrogen-bond acceptors (Lipinski definition) is 3. The third-order valence-corrected chi connectivity index (χ3v) is 3.89. The molecule has 5 nitrogen and oxygen atoms in total. The Hall–Kier alpha value is -2.71. The Morgan fingerprint density at radius 2 is 1.96 bits per heavy atom. The van der Waals surface area contributed by atoms with Crippen molar-refractivity contribution < 1.29 is 22.4 Å². The molecule has 1 fully saturated rings. The zero-order chi connectivity index (χ0) is 19.1. The minimum Gasteiger partial charge on any atom is -0.333 e. The van der Waals surface area contributed by atoms with Crippen LogP contribution >= 0.6 is 0 Å². The SMILES string of the molecule is Cc1cc(-c2ncn(/C=C\C(=O)N3CC(C)(F)C3)n2)cc(C(F)(F)F)c1. The van der Waals surface area contributed by atoms with Gasteiger partial charge >= 0.3 is 6.18 Å². The van der Waals surface area contributed by atoms with Crippen LogP contribution in [0.5, 0.6) is 0 Å². The molecule has 0 spiro atoms. The average molecular weight is 368 g/mol. The Morgan fingerprint density at radius 1 is 1.27 bits per heavy atom. The highest BCUT2D eigenvalue weighted by molar-refractivity contribution is 5.90. The molecular formula is C17H16F4N4O. The highest BCUT2D eigenvalue weighted by Crippen LogP contribution is 2.32. The van der Waals surface area contributed by atoms with E-state index >= 15 is 0 Å². The number of carbonyl (C=O) groups excluding carboxylic acids is 1. The third-order valence-electron chi connectivity index (χ3n) is 3.89. The van der Waals surface area contributed by atoms with Crippen molar-refractivity contribution in [3.63, 3.8) is 0 Å². The van der Waals surface area contributed by atoms with E-state index in [0.717, 1.165) is 12.1 Å². The summed E-state index contributed by atoms with van der Waals surface area (Å²) in [7, 11) is 0. The zero-order valence-electron chi connectivity index (χ0n) is 14.1. The summed E-state index contributed by atoms with van der Waals surface area (Å²) in [6, 6.07) is 3.57. The first-order valence-electron chi connectivity index (χ1n) is 7.80. The van der Waals surface area contributed by atoms with E-state index in [1.807, 2.05) is 0 Å². The number of likely N-dealkylation sites (tertiary alicyclic amines) is 1. The van der Waals surface area contributed by atoms with Gasteiger partial charge in [-0.15, -0.1) is 5.10 Å². The van der Waals surface area contributed by atoms with Crippen molar-refractivity contribution in [3.8, 4) is 11.4 Å². The second-order valence-corrected chi connectivity index (χ2v) is 6.56. The standard InChI is InChI=1S/C17H16F4N4O/c1-11-5-12(7-13(6-11)17(19,20)21)15-22-10-25(23-15)4-3-14(26)24-8-16(2,18)9-24/h3-7,10H,8-9H2,1-2H3/b4-3-. The summed E-state index contributed by atoms with van der Waals surface area (Å²) in [6.45, 7) is 3.03. The van der Waals surface area contributed by atoms with Crippen molar-refractivity contribution in [2.45, 2.75) is 25.7 Å². The van der Waals surface area contributed by atoms with Crippen LogP contribution in [-0.4, -0.2) is 44.3 Å². The normalized spacial score (nSPS) is 16.8. The zero-order valence-corrected chi connectivity index (χ0v) is 14.1. The lowest BCUT2D eigenvalue weighted by atomic mass is 9.99. The molecule has 0 N–H and O–H groups in total. The van der Waals surface area contributed by atoms with E-state index in [0.29, 0.717) is 5.56 Å². The quantitative estimate of drug-likeness (QED) is 0.617. The number of amides is 1. The van der Waals surface area contributed by atoms with Gasteiger partial charge in [-0.2, -0.15) is 13.2 Å². The maximum Gasteiger partial charge on any atom is 0.416 e. The van der Waals surface area contributed by atoms with Crippen molar-refractivity contribution in [3.05, 3.63) is 41.7 Å². The fourth-order valence-corrected chi connectivity index (χ4v) is 2.71. The lowest BCUT2D eigenvalue weighted by Gasteiger charge is -2.41. The molecule has 26 heavy (non-hydrogen) atoms. The first-order valence-corrected chi connectivity index (χ1v) is 7.80. The van der Waals surface area contributed by atoms with Gasteiger partial charge < -0.3 is 4.90 Å². The fraction of sp³-hybridized carbons (Fsp3) is 0.353. The van der Waals surface area contributed by atoms with Gasteiger partial charge in [0.15, 0.2) is 5.82 Å². The Kier molecular flexibility index (Phi) is 4.33. The van der Waals surface area contributed by atoms with Crippen LogP contribution < -0.4 is 0 Å². The Labute approximate surface area is 146 Å². The number of aromatic nitrogens is 3. The molecule has 1 aliphatic rings. The number of alkyl halides is 4. The largest absolute Gasteiger partial charge is 0.416 e. The van der Waals surface area contributed by atoms with Crippen LogP contribution in [0.3, 0.4) is 0 Å². The van der Waals surface area contributed by atoms with Gasteiger partial charge in [-0.1, -0.05) is 0 Å². The summed E-state index contributed by atoms with van der Waals surface area (Å²) < 4.78 is 53.4. The molecule has 1 amide bonds. The van der Waals surface area contributed by atoms with E-state index in [1.165, 1.54) is 35.1 Å². The fourth-order valence-electron chi connectivity index (χ4n) is 2.71. The van der Waals surface area contributed by atoms with Crippen molar-refractivity contribution in [2.75, 3.05) is 13.1 Å². The molecule has 1 aromatic carbocycles. The van der Waals surface area contributed by atoms with Crippen LogP contribution in [0.2, 0.25) is 0 Å². The van der Waals surface area contributed by atoms with E-state index in [4.69, 9.17) is 0 Å². The summed E-state index contributed by atoms with van der Waals surface area (Å²) in [4.78, 5) is 17.2. The summed E-state index contributed by atoms with van der Waals surface area (Å²) >= 11 is 0. The summed E-state index contributed by atoms with van der Waals surface area (Å²) in [5.41, 5.74) is -1.47. The predicted molar refractivity (Wildman–Crippen MR) is 86.6 cm³/mol. The second kappa shape index (κ2) is 6.22. The Bertz CT molecular complexity index is 862. The third kappa shape index (κ3) is 3.92. The van der Waals surface area contributed by atoms with Gasteiger partial charge in [-0.05, 0) is 37.6 Å². The molecule has 1 aliphatic heterocycles. The summed E-state index contributed by atoms with van der Waals surface area (Å²) in [5, 5.41) is 4.06. The molecule has 0 aliphatic carbocycles. The number of carbonyl (C=O) groups is 1. The van der Waals surface area contributed by atoms with E-state index in [2.05, 4.69) is 10.1 Å². The number of rotatable bonds is 3. The van der Waals surface area contributed by atoms with E-state index < -0.39 is 17.4 Å². The monoisotopic (exact) mass is 368 g/mol. The van der Waals surface area contributed by atoms with Gasteiger partial charge in [0.2, 0.25) is 5.91 Å². The predicted octanol–water partition coefficient (Wildman–Crippen LogP) is 3.31. The van der Waals surface area contributed by atoms with Crippen LogP contribution in [0.25, 0.3) is 17.6 Å². The van der Waals surface area contributed by atoms with Crippen LogP contribution in [0.4, 0.5) is 17.6 Å². The van der Waals surface area contributed by atoms with Crippen molar-refractivity contribution in [1.82, 2.24) is 19.7 Å². The van der Waals surface area contributed by atoms with Crippen LogP contribution in [0.1, 0.15) is 18.1 Å². The summed E-state index contributed by atoms with van der Waals surface area (Å²) in [6.07, 6.45) is -0.639. The molecule has 0 bridgehead atoms. The topological polar surface area (TPSA) is 51.0 Å². The van der Waals surface area contributed by atoms with E-state index in [9.17, 15) is 22.4 Å². The molecule has 2 heterocycles. The molecule has 1 saturated heterocycles. The highest BCUT2D eigenvalue weighted by atomic mass is 19.4. The van der Waals surface area contributed by atoms with Crippen LogP contribution in [-0.2, 0) is 11.0 Å². The maximum absolute atomic E-state index is 13.4. The number of aryl methyl sites for hydroxylation is 1. The van der Waals surface area contributed by atoms with Gasteiger partial charge in [0.1, 0.15) is 12.0 Å². The molecular weight excluding hydrogens is 352 g/mol. The van der Waals surface area contributed by atoms with Crippen LogP contribution in [0, 0.1) is 6.92 Å². The van der Waals surface area contributed by atoms with Gasteiger partial charge in [-0.25, -0.2) is 14.1 Å². The second-order valence-electron chi connectivity index (χ2n) is 6.56. The van der Waals surface area contributed by atoms with Crippen molar-refractivity contribution >= 4 is 12.1 Å². The number of halogens is 4. The molecule has 3 rings (SSSR count). The molecule has 0 unspecified atom stereocenters. The first-order chi connectivity index (χ1) is 12.0. The minimum absolute atomic E-state index is 0.0301. The average Bonchev–Trinajstić information content (AvgIpc) is 2.97. The number of nitrogens with zero attached hydrogens (tertiary/aromatic N) is 4. The number of hydrogen-bond donors (Lipinski definition) is 0. The molecule has 2 aromatic rings. The lowest BCUT2D eigenvalue weighted by molar-refractivity contribution is -0.138.